The monoisotopic (exact) mass is 338 g/mol. The second-order valence-corrected chi connectivity index (χ2v) is 5.68. The van der Waals surface area contributed by atoms with Crippen LogP contribution in [0.4, 0.5) is 0 Å². The Balaban J connectivity index is 1.81. The Kier molecular flexibility index (Phi) is 4.18. The van der Waals surface area contributed by atoms with E-state index in [1.807, 2.05) is 30.3 Å². The Labute approximate surface area is 136 Å². The number of carbonyl (C=O) groups excluding carboxylic acids is 1. The molecule has 0 aliphatic carbocycles. The van der Waals surface area contributed by atoms with Crippen molar-refractivity contribution < 1.29 is 9.53 Å². The van der Waals surface area contributed by atoms with E-state index in [1.165, 1.54) is 4.57 Å². The van der Waals surface area contributed by atoms with Gasteiger partial charge in [-0.2, -0.15) is 0 Å². The molecule has 22 heavy (non-hydrogen) atoms. The first-order chi connectivity index (χ1) is 10.6. The number of rotatable bonds is 3. The summed E-state index contributed by atoms with van der Waals surface area (Å²) in [5, 5.41) is -0.0838. The summed E-state index contributed by atoms with van der Waals surface area (Å²) in [5.41, 5.74) is 0.894. The lowest BCUT2D eigenvalue weighted by atomic mass is 10.2. The highest BCUT2D eigenvalue weighted by Crippen LogP contribution is 2.29. The molecule has 7 heteroatoms. The molecule has 114 valence electrons. The molecule has 0 saturated carbocycles. The predicted molar refractivity (Wildman–Crippen MR) is 82.1 cm³/mol. The third-order valence-corrected chi connectivity index (χ3v) is 4.13. The Morgan fingerprint density at radius 3 is 2.73 bits per heavy atom. The maximum atomic E-state index is 12.3. The summed E-state index contributed by atoms with van der Waals surface area (Å²) in [4.78, 5) is 28.1. The molecule has 5 nitrogen and oxygen atoms in total. The second-order valence-electron chi connectivity index (χ2n) is 4.96. The Bertz CT molecular complexity index is 774. The van der Waals surface area contributed by atoms with Crippen molar-refractivity contribution in [3.63, 3.8) is 0 Å². The van der Waals surface area contributed by atoms with Crippen LogP contribution in [-0.4, -0.2) is 15.5 Å². The molecule has 3 rings (SSSR count). The minimum absolute atomic E-state index is 0.156. The van der Waals surface area contributed by atoms with Crippen molar-refractivity contribution in [1.29, 1.82) is 0 Å². The van der Waals surface area contributed by atoms with E-state index in [2.05, 4.69) is 4.98 Å². The zero-order valence-electron chi connectivity index (χ0n) is 11.5. The van der Waals surface area contributed by atoms with Crippen LogP contribution in [0.3, 0.4) is 0 Å². The lowest BCUT2D eigenvalue weighted by molar-refractivity contribution is -0.148. The first-order valence-electron chi connectivity index (χ1n) is 6.75. The average Bonchev–Trinajstić information content (AvgIpc) is 2.97. The third kappa shape index (κ3) is 2.74. The van der Waals surface area contributed by atoms with Crippen molar-refractivity contribution in [1.82, 2.24) is 9.55 Å². The van der Waals surface area contributed by atoms with Gasteiger partial charge in [-0.05, 0) is 18.4 Å². The minimum atomic E-state index is -0.704. The van der Waals surface area contributed by atoms with Crippen molar-refractivity contribution in [2.45, 2.75) is 25.5 Å². The number of halogens is 2. The van der Waals surface area contributed by atoms with Gasteiger partial charge < -0.3 is 4.74 Å². The molecule has 0 amide bonds. The van der Waals surface area contributed by atoms with Crippen LogP contribution in [-0.2, 0) is 22.6 Å². The van der Waals surface area contributed by atoms with E-state index in [-0.39, 0.29) is 16.9 Å². The predicted octanol–water partition coefficient (Wildman–Crippen LogP) is 2.78. The summed E-state index contributed by atoms with van der Waals surface area (Å²) < 4.78 is 6.59. The highest BCUT2D eigenvalue weighted by atomic mass is 35.5. The molecule has 0 radical (unpaired) electrons. The topological polar surface area (TPSA) is 61.2 Å². The van der Waals surface area contributed by atoms with E-state index in [1.54, 1.807) is 0 Å². The van der Waals surface area contributed by atoms with Gasteiger partial charge in [0.2, 0.25) is 0 Å². The van der Waals surface area contributed by atoms with Gasteiger partial charge in [-0.1, -0.05) is 53.5 Å². The van der Waals surface area contributed by atoms with Gasteiger partial charge in [0.1, 0.15) is 12.6 Å². The number of fused-ring (bicyclic) bond motifs is 1. The fourth-order valence-electron chi connectivity index (χ4n) is 2.52. The number of carbonyl (C=O) groups is 1. The Morgan fingerprint density at radius 2 is 2.00 bits per heavy atom. The fourth-order valence-corrected chi connectivity index (χ4v) is 3.01. The van der Waals surface area contributed by atoms with Gasteiger partial charge in [0, 0.05) is 0 Å². The van der Waals surface area contributed by atoms with Crippen LogP contribution in [0.2, 0.25) is 10.3 Å². The summed E-state index contributed by atoms with van der Waals surface area (Å²) in [6.45, 7) is 0.160. The van der Waals surface area contributed by atoms with Crippen molar-refractivity contribution in [3.8, 4) is 0 Å². The largest absolute Gasteiger partial charge is 0.459 e. The highest BCUT2D eigenvalue weighted by molar-refractivity contribution is 6.32. The van der Waals surface area contributed by atoms with E-state index in [0.29, 0.717) is 18.5 Å². The van der Waals surface area contributed by atoms with Crippen LogP contribution in [0.25, 0.3) is 0 Å². The molecule has 1 unspecified atom stereocenters. The van der Waals surface area contributed by atoms with Crippen LogP contribution in [0.15, 0.2) is 35.1 Å². The van der Waals surface area contributed by atoms with E-state index in [9.17, 15) is 9.59 Å². The fraction of sp³-hybridized carbons (Fsp3) is 0.267. The van der Waals surface area contributed by atoms with Gasteiger partial charge in [-0.15, -0.1) is 0 Å². The SMILES string of the molecule is O=C(OCc1ccccc1)C1CCc2c(Cl)nc(Cl)c(=O)n21. The van der Waals surface area contributed by atoms with Crippen molar-refractivity contribution in [2.75, 3.05) is 0 Å². The quantitative estimate of drug-likeness (QED) is 0.807. The maximum Gasteiger partial charge on any atom is 0.329 e. The smallest absolute Gasteiger partial charge is 0.329 e. The zero-order valence-corrected chi connectivity index (χ0v) is 13.0. The first kappa shape index (κ1) is 15.1. The average molecular weight is 339 g/mol. The number of hydrogen-bond donors (Lipinski definition) is 0. The molecule has 1 aromatic heterocycles. The van der Waals surface area contributed by atoms with E-state index in [4.69, 9.17) is 27.9 Å². The van der Waals surface area contributed by atoms with Crippen LogP contribution in [0.5, 0.6) is 0 Å². The molecule has 0 fully saturated rings. The van der Waals surface area contributed by atoms with Crippen LogP contribution < -0.4 is 5.56 Å². The lowest BCUT2D eigenvalue weighted by Gasteiger charge is -2.14. The maximum absolute atomic E-state index is 12.3. The third-order valence-electron chi connectivity index (χ3n) is 3.58. The van der Waals surface area contributed by atoms with E-state index >= 15 is 0 Å². The molecule has 1 aromatic carbocycles. The van der Waals surface area contributed by atoms with Crippen LogP contribution in [0.1, 0.15) is 23.7 Å². The minimum Gasteiger partial charge on any atom is -0.459 e. The normalized spacial score (nSPS) is 16.4. The van der Waals surface area contributed by atoms with E-state index < -0.39 is 17.6 Å². The molecular formula is C15H12Cl2N2O3. The molecule has 1 aliphatic heterocycles. The molecule has 1 atom stereocenters. The molecule has 0 saturated heterocycles. The Hall–Kier alpha value is -1.85. The van der Waals surface area contributed by atoms with Crippen LogP contribution in [0, 0.1) is 0 Å². The first-order valence-corrected chi connectivity index (χ1v) is 7.50. The highest BCUT2D eigenvalue weighted by Gasteiger charge is 2.33. The van der Waals surface area contributed by atoms with Gasteiger partial charge in [-0.3, -0.25) is 9.36 Å². The Morgan fingerprint density at radius 1 is 1.27 bits per heavy atom. The van der Waals surface area contributed by atoms with Gasteiger partial charge in [0.15, 0.2) is 10.3 Å². The molecule has 2 heterocycles. The molecule has 0 bridgehead atoms. The number of nitrogens with zero attached hydrogens (tertiary/aromatic N) is 2. The second kappa shape index (κ2) is 6.10. The van der Waals surface area contributed by atoms with Gasteiger partial charge in [-0.25, -0.2) is 9.78 Å². The standard InChI is InChI=1S/C15H12Cl2N2O3/c16-12-10-6-7-11(19(10)14(20)13(17)18-12)15(21)22-8-9-4-2-1-3-5-9/h1-5,11H,6-8H2. The number of esters is 1. The summed E-state index contributed by atoms with van der Waals surface area (Å²) in [6, 6.07) is 8.63. The molecule has 0 spiro atoms. The molecular weight excluding hydrogens is 327 g/mol. The summed E-state index contributed by atoms with van der Waals surface area (Å²) in [7, 11) is 0. The number of benzene rings is 1. The van der Waals surface area contributed by atoms with Gasteiger partial charge >= 0.3 is 5.97 Å². The van der Waals surface area contributed by atoms with Crippen LogP contribution >= 0.6 is 23.2 Å². The summed E-state index contributed by atoms with van der Waals surface area (Å²) in [6.07, 6.45) is 0.938. The molecule has 1 aliphatic rings. The number of aromatic nitrogens is 2. The van der Waals surface area contributed by atoms with Crippen molar-refractivity contribution in [2.24, 2.45) is 0 Å². The lowest BCUT2D eigenvalue weighted by Crippen LogP contribution is -2.30. The van der Waals surface area contributed by atoms with Crippen molar-refractivity contribution in [3.05, 3.63) is 62.2 Å². The zero-order chi connectivity index (χ0) is 15.7. The van der Waals surface area contributed by atoms with Gasteiger partial charge in [0.25, 0.3) is 5.56 Å². The summed E-state index contributed by atoms with van der Waals surface area (Å²) >= 11 is 11.7. The summed E-state index contributed by atoms with van der Waals surface area (Å²) in [5.74, 6) is -0.469. The molecule has 2 aromatic rings. The van der Waals surface area contributed by atoms with Crippen molar-refractivity contribution >= 4 is 29.2 Å². The molecule has 0 N–H and O–H groups in total. The number of hydrogen-bond acceptors (Lipinski definition) is 4. The number of ether oxygens (including phenoxy) is 1. The van der Waals surface area contributed by atoms with E-state index in [0.717, 1.165) is 5.56 Å². The van der Waals surface area contributed by atoms with Gasteiger partial charge in [0.05, 0.1) is 5.69 Å².